The summed E-state index contributed by atoms with van der Waals surface area (Å²) in [5, 5.41) is 9.26. The second-order valence-corrected chi connectivity index (χ2v) is 5.67. The van der Waals surface area contributed by atoms with Gasteiger partial charge in [-0.25, -0.2) is 0 Å². The third-order valence-electron chi connectivity index (χ3n) is 3.37. The SMILES string of the molecule is CSCC(C)C(=O)N1CC(C(=O)O)c2ccccc21. The van der Waals surface area contributed by atoms with Gasteiger partial charge >= 0.3 is 5.97 Å². The number of carbonyl (C=O) groups is 2. The largest absolute Gasteiger partial charge is 0.481 e. The number of hydrogen-bond donors (Lipinski definition) is 1. The lowest BCUT2D eigenvalue weighted by Crippen LogP contribution is -2.36. The molecule has 4 nitrogen and oxygen atoms in total. The Morgan fingerprint density at radius 2 is 2.16 bits per heavy atom. The van der Waals surface area contributed by atoms with Gasteiger partial charge in [0.25, 0.3) is 0 Å². The fourth-order valence-corrected chi connectivity index (χ4v) is 3.06. The van der Waals surface area contributed by atoms with E-state index in [1.54, 1.807) is 22.7 Å². The van der Waals surface area contributed by atoms with Gasteiger partial charge in [-0.3, -0.25) is 9.59 Å². The van der Waals surface area contributed by atoms with Gasteiger partial charge in [0.15, 0.2) is 0 Å². The number of fused-ring (bicyclic) bond motifs is 1. The van der Waals surface area contributed by atoms with Crippen molar-refractivity contribution in [3.8, 4) is 0 Å². The van der Waals surface area contributed by atoms with Crippen molar-refractivity contribution in [3.63, 3.8) is 0 Å². The van der Waals surface area contributed by atoms with Crippen LogP contribution < -0.4 is 4.90 Å². The maximum atomic E-state index is 12.4. The van der Waals surface area contributed by atoms with Gasteiger partial charge in [-0.2, -0.15) is 11.8 Å². The van der Waals surface area contributed by atoms with Crippen molar-refractivity contribution in [2.75, 3.05) is 23.5 Å². The molecule has 1 aromatic carbocycles. The summed E-state index contributed by atoms with van der Waals surface area (Å²) in [5.41, 5.74) is 1.48. The second-order valence-electron chi connectivity index (χ2n) is 4.75. The quantitative estimate of drug-likeness (QED) is 0.918. The molecule has 0 radical (unpaired) electrons. The van der Waals surface area contributed by atoms with Crippen molar-refractivity contribution in [3.05, 3.63) is 29.8 Å². The molecule has 0 aromatic heterocycles. The Balaban J connectivity index is 2.30. The fourth-order valence-electron chi connectivity index (χ4n) is 2.41. The monoisotopic (exact) mass is 279 g/mol. The average molecular weight is 279 g/mol. The van der Waals surface area contributed by atoms with Crippen LogP contribution in [0.5, 0.6) is 0 Å². The van der Waals surface area contributed by atoms with Crippen LogP contribution in [-0.4, -0.2) is 35.5 Å². The summed E-state index contributed by atoms with van der Waals surface area (Å²) < 4.78 is 0. The molecule has 0 aliphatic carbocycles. The van der Waals surface area contributed by atoms with Gasteiger partial charge in [0, 0.05) is 23.9 Å². The zero-order valence-corrected chi connectivity index (χ0v) is 11.8. The maximum absolute atomic E-state index is 12.4. The lowest BCUT2D eigenvalue weighted by atomic mass is 10.0. The van der Waals surface area contributed by atoms with Crippen molar-refractivity contribution in [1.29, 1.82) is 0 Å². The highest BCUT2D eigenvalue weighted by atomic mass is 32.2. The molecule has 2 unspecified atom stereocenters. The number of aliphatic carboxylic acids is 1. The summed E-state index contributed by atoms with van der Waals surface area (Å²) in [4.78, 5) is 25.3. The summed E-state index contributed by atoms with van der Waals surface area (Å²) >= 11 is 1.62. The van der Waals surface area contributed by atoms with Crippen molar-refractivity contribution < 1.29 is 14.7 Å². The predicted octanol–water partition coefficient (Wildman–Crippen LogP) is 2.20. The molecule has 0 spiro atoms. The Kier molecular flexibility index (Phi) is 4.14. The molecule has 5 heteroatoms. The molecule has 1 N–H and O–H groups in total. The van der Waals surface area contributed by atoms with Gasteiger partial charge in [0.1, 0.15) is 5.92 Å². The predicted molar refractivity (Wildman–Crippen MR) is 76.7 cm³/mol. The molecule has 0 saturated carbocycles. The molecule has 1 amide bonds. The number of carbonyl (C=O) groups excluding carboxylic acids is 1. The smallest absolute Gasteiger partial charge is 0.312 e. The van der Waals surface area contributed by atoms with Crippen LogP contribution in [0.15, 0.2) is 24.3 Å². The minimum atomic E-state index is -0.875. The molecule has 0 bridgehead atoms. The first kappa shape index (κ1) is 13.9. The number of hydrogen-bond acceptors (Lipinski definition) is 3. The van der Waals surface area contributed by atoms with Crippen LogP contribution in [0.3, 0.4) is 0 Å². The zero-order chi connectivity index (χ0) is 14.0. The van der Waals surface area contributed by atoms with Crippen molar-refractivity contribution >= 4 is 29.3 Å². The first-order chi connectivity index (χ1) is 9.06. The van der Waals surface area contributed by atoms with Crippen LogP contribution in [0, 0.1) is 5.92 Å². The van der Waals surface area contributed by atoms with E-state index < -0.39 is 11.9 Å². The third kappa shape index (κ3) is 2.61. The van der Waals surface area contributed by atoms with Gasteiger partial charge in [0.2, 0.25) is 5.91 Å². The Morgan fingerprint density at radius 1 is 1.47 bits per heavy atom. The van der Waals surface area contributed by atoms with Crippen molar-refractivity contribution in [2.24, 2.45) is 5.92 Å². The lowest BCUT2D eigenvalue weighted by Gasteiger charge is -2.21. The third-order valence-corrected chi connectivity index (χ3v) is 4.20. The highest BCUT2D eigenvalue weighted by Gasteiger charge is 2.37. The molecule has 1 aliphatic rings. The summed E-state index contributed by atoms with van der Waals surface area (Å²) in [7, 11) is 0. The molecular weight excluding hydrogens is 262 g/mol. The summed E-state index contributed by atoms with van der Waals surface area (Å²) in [5.74, 6) is -0.835. The molecule has 19 heavy (non-hydrogen) atoms. The van der Waals surface area contributed by atoms with Crippen LogP contribution in [0.2, 0.25) is 0 Å². The Morgan fingerprint density at radius 3 is 2.79 bits per heavy atom. The number of thioether (sulfide) groups is 1. The molecule has 0 fully saturated rings. The van der Waals surface area contributed by atoms with E-state index in [-0.39, 0.29) is 18.4 Å². The van der Waals surface area contributed by atoms with Crippen molar-refractivity contribution in [2.45, 2.75) is 12.8 Å². The average Bonchev–Trinajstić information content (AvgIpc) is 2.78. The Bertz CT molecular complexity index is 503. The Labute approximate surface area is 116 Å². The molecule has 0 saturated heterocycles. The summed E-state index contributed by atoms with van der Waals surface area (Å²) in [6, 6.07) is 7.26. The number of amides is 1. The normalized spacial score (nSPS) is 19.1. The minimum Gasteiger partial charge on any atom is -0.481 e. The van der Waals surface area contributed by atoms with E-state index in [4.69, 9.17) is 0 Å². The standard InChI is InChI=1S/C14H17NO3S/c1-9(8-19-2)13(16)15-7-11(14(17)18)10-5-3-4-6-12(10)15/h3-6,9,11H,7-8H2,1-2H3,(H,17,18). The molecule has 1 heterocycles. The Hall–Kier alpha value is -1.49. The van der Waals surface area contributed by atoms with Gasteiger partial charge in [-0.15, -0.1) is 0 Å². The minimum absolute atomic E-state index is 0.00514. The maximum Gasteiger partial charge on any atom is 0.312 e. The topological polar surface area (TPSA) is 57.6 Å². The molecule has 2 rings (SSSR count). The van der Waals surface area contributed by atoms with Crippen LogP contribution in [0.25, 0.3) is 0 Å². The van der Waals surface area contributed by atoms with E-state index in [1.807, 2.05) is 31.4 Å². The van der Waals surface area contributed by atoms with E-state index >= 15 is 0 Å². The van der Waals surface area contributed by atoms with Crippen molar-refractivity contribution in [1.82, 2.24) is 0 Å². The van der Waals surface area contributed by atoms with Crippen LogP contribution in [0.1, 0.15) is 18.4 Å². The zero-order valence-electron chi connectivity index (χ0n) is 11.0. The van der Waals surface area contributed by atoms with Crippen LogP contribution in [-0.2, 0) is 9.59 Å². The highest BCUT2D eigenvalue weighted by molar-refractivity contribution is 7.98. The molecule has 102 valence electrons. The van der Waals surface area contributed by atoms with Gasteiger partial charge in [-0.05, 0) is 17.9 Å². The van der Waals surface area contributed by atoms with E-state index in [0.717, 1.165) is 17.0 Å². The van der Waals surface area contributed by atoms with E-state index in [1.165, 1.54) is 0 Å². The molecule has 1 aliphatic heterocycles. The van der Waals surface area contributed by atoms with Gasteiger partial charge in [0.05, 0.1) is 0 Å². The first-order valence-electron chi connectivity index (χ1n) is 6.18. The number of anilines is 1. The number of rotatable bonds is 4. The number of benzene rings is 1. The molecule has 1 aromatic rings. The van der Waals surface area contributed by atoms with E-state index in [0.29, 0.717) is 0 Å². The number of para-hydroxylation sites is 1. The van der Waals surface area contributed by atoms with Crippen LogP contribution >= 0.6 is 11.8 Å². The van der Waals surface area contributed by atoms with E-state index in [9.17, 15) is 14.7 Å². The van der Waals surface area contributed by atoms with Gasteiger partial charge in [-0.1, -0.05) is 25.1 Å². The molecule has 2 atom stereocenters. The number of carboxylic acid groups (broad SMARTS) is 1. The summed E-state index contributed by atoms with van der Waals surface area (Å²) in [6.07, 6.45) is 1.96. The second kappa shape index (κ2) is 5.65. The number of nitrogens with zero attached hydrogens (tertiary/aromatic N) is 1. The van der Waals surface area contributed by atoms with E-state index in [2.05, 4.69) is 0 Å². The number of carboxylic acids is 1. The summed E-state index contributed by atoms with van der Waals surface area (Å²) in [6.45, 7) is 2.13. The van der Waals surface area contributed by atoms with Crippen LogP contribution in [0.4, 0.5) is 5.69 Å². The first-order valence-corrected chi connectivity index (χ1v) is 7.57. The molecular formula is C14H17NO3S. The lowest BCUT2D eigenvalue weighted by molar-refractivity contribution is -0.138. The highest BCUT2D eigenvalue weighted by Crippen LogP contribution is 2.37. The fraction of sp³-hybridized carbons (Fsp3) is 0.429. The van der Waals surface area contributed by atoms with Gasteiger partial charge < -0.3 is 10.0 Å².